The molecule has 0 heterocycles. The summed E-state index contributed by atoms with van der Waals surface area (Å²) in [5.41, 5.74) is 8.61. The maximum absolute atomic E-state index is 11.8. The normalized spacial score (nSPS) is 17.8. The molecule has 0 radical (unpaired) electrons. The fourth-order valence-electron chi connectivity index (χ4n) is 3.14. The molecule has 24 heavy (non-hydrogen) atoms. The molecule has 2 rings (SSSR count). The van der Waals surface area contributed by atoms with Crippen LogP contribution in [-0.2, 0) is 16.0 Å². The van der Waals surface area contributed by atoms with Crippen LogP contribution in [0.1, 0.15) is 56.8 Å². The molecule has 0 saturated carbocycles. The molecule has 0 aromatic heterocycles. The van der Waals surface area contributed by atoms with Crippen LogP contribution < -0.4 is 11.1 Å². The van der Waals surface area contributed by atoms with Crippen molar-refractivity contribution in [1.82, 2.24) is 5.32 Å². The van der Waals surface area contributed by atoms with Crippen molar-refractivity contribution in [3.05, 3.63) is 35.4 Å². The average molecular weight is 355 g/mol. The summed E-state index contributed by atoms with van der Waals surface area (Å²) in [6.07, 6.45) is 5.17. The van der Waals surface area contributed by atoms with E-state index >= 15 is 0 Å². The standard InChI is InChI=1S/C19H30N2O2.ClH/c1-14(2)13-17(20)19(22)21-11-6-12-23-18-10-5-8-15-7-3-4-9-16(15)18;/h3-4,7,9,14,17-18H,5-6,8,10-13,20H2,1-2H3,(H,21,22);1H/t17-,18?;/m0./s1. The van der Waals surface area contributed by atoms with Gasteiger partial charge in [0.2, 0.25) is 5.91 Å². The lowest BCUT2D eigenvalue weighted by Crippen LogP contribution is -2.41. The Morgan fingerprint density at radius 3 is 2.88 bits per heavy atom. The summed E-state index contributed by atoms with van der Waals surface area (Å²) in [6.45, 7) is 5.43. The number of hydrogen-bond acceptors (Lipinski definition) is 3. The zero-order valence-electron chi connectivity index (χ0n) is 14.8. The molecule has 4 nitrogen and oxygen atoms in total. The van der Waals surface area contributed by atoms with Gasteiger partial charge in [0.15, 0.2) is 0 Å². The average Bonchev–Trinajstić information content (AvgIpc) is 2.53. The summed E-state index contributed by atoms with van der Waals surface area (Å²) >= 11 is 0. The second-order valence-corrected chi connectivity index (χ2v) is 6.83. The molecule has 1 aliphatic rings. The van der Waals surface area contributed by atoms with Crippen LogP contribution >= 0.6 is 12.4 Å². The van der Waals surface area contributed by atoms with Crippen molar-refractivity contribution in [3.63, 3.8) is 0 Å². The summed E-state index contributed by atoms with van der Waals surface area (Å²) in [4.78, 5) is 11.8. The topological polar surface area (TPSA) is 64.4 Å². The van der Waals surface area contributed by atoms with Crippen molar-refractivity contribution >= 4 is 18.3 Å². The molecule has 1 aliphatic carbocycles. The number of nitrogens with two attached hydrogens (primary N) is 1. The van der Waals surface area contributed by atoms with E-state index in [0.29, 0.717) is 19.1 Å². The molecule has 1 amide bonds. The number of fused-ring (bicyclic) bond motifs is 1. The van der Waals surface area contributed by atoms with E-state index in [1.807, 2.05) is 0 Å². The highest BCUT2D eigenvalue weighted by molar-refractivity contribution is 5.85. The van der Waals surface area contributed by atoms with Gasteiger partial charge in [0, 0.05) is 13.2 Å². The number of carbonyl (C=O) groups excluding carboxylic acids is 1. The fraction of sp³-hybridized carbons (Fsp3) is 0.632. The lowest BCUT2D eigenvalue weighted by atomic mass is 9.89. The molecule has 0 saturated heterocycles. The predicted octanol–water partition coefficient (Wildman–Crippen LogP) is 3.38. The third-order valence-electron chi connectivity index (χ3n) is 4.32. The van der Waals surface area contributed by atoms with E-state index in [1.54, 1.807) is 0 Å². The second-order valence-electron chi connectivity index (χ2n) is 6.83. The minimum atomic E-state index is -0.402. The maximum atomic E-state index is 11.8. The number of aryl methyl sites for hydroxylation is 1. The van der Waals surface area contributed by atoms with Gasteiger partial charge < -0.3 is 15.8 Å². The Kier molecular flexibility index (Phi) is 9.34. The van der Waals surface area contributed by atoms with Gasteiger partial charge in [-0.05, 0) is 49.1 Å². The minimum absolute atomic E-state index is 0. The quantitative estimate of drug-likeness (QED) is 0.703. The Bertz CT molecular complexity index is 508. The number of carbonyl (C=O) groups is 1. The van der Waals surface area contributed by atoms with Gasteiger partial charge in [-0.1, -0.05) is 38.1 Å². The molecule has 0 spiro atoms. The number of amides is 1. The van der Waals surface area contributed by atoms with E-state index in [2.05, 4.69) is 43.4 Å². The molecule has 0 bridgehead atoms. The third-order valence-corrected chi connectivity index (χ3v) is 4.32. The van der Waals surface area contributed by atoms with E-state index in [9.17, 15) is 4.79 Å². The Labute approximate surface area is 151 Å². The van der Waals surface area contributed by atoms with Crippen molar-refractivity contribution in [1.29, 1.82) is 0 Å². The molecule has 1 aromatic carbocycles. The molecule has 1 aromatic rings. The Balaban J connectivity index is 0.00000288. The fourth-order valence-corrected chi connectivity index (χ4v) is 3.14. The van der Waals surface area contributed by atoms with Gasteiger partial charge in [-0.3, -0.25) is 4.79 Å². The zero-order chi connectivity index (χ0) is 16.7. The van der Waals surface area contributed by atoms with Crippen LogP contribution in [0.4, 0.5) is 0 Å². The first-order valence-electron chi connectivity index (χ1n) is 8.80. The zero-order valence-corrected chi connectivity index (χ0v) is 15.6. The molecule has 0 fully saturated rings. The largest absolute Gasteiger partial charge is 0.373 e. The highest BCUT2D eigenvalue weighted by Gasteiger charge is 2.20. The van der Waals surface area contributed by atoms with Gasteiger partial charge in [0.1, 0.15) is 0 Å². The van der Waals surface area contributed by atoms with Crippen LogP contribution in [0.25, 0.3) is 0 Å². The van der Waals surface area contributed by atoms with E-state index < -0.39 is 6.04 Å². The first-order chi connectivity index (χ1) is 11.1. The molecule has 1 unspecified atom stereocenters. The van der Waals surface area contributed by atoms with Gasteiger partial charge in [0.25, 0.3) is 0 Å². The van der Waals surface area contributed by atoms with Gasteiger partial charge >= 0.3 is 0 Å². The smallest absolute Gasteiger partial charge is 0.236 e. The molecule has 2 atom stereocenters. The van der Waals surface area contributed by atoms with Crippen molar-refractivity contribution in [2.75, 3.05) is 13.2 Å². The third kappa shape index (κ3) is 6.42. The predicted molar refractivity (Wildman–Crippen MR) is 100 cm³/mol. The Morgan fingerprint density at radius 1 is 1.38 bits per heavy atom. The highest BCUT2D eigenvalue weighted by atomic mass is 35.5. The van der Waals surface area contributed by atoms with Crippen LogP contribution in [0.15, 0.2) is 24.3 Å². The van der Waals surface area contributed by atoms with E-state index in [0.717, 1.165) is 25.7 Å². The molecule has 136 valence electrons. The SMILES string of the molecule is CC(C)C[C@H](N)C(=O)NCCCOC1CCCc2ccccc21.Cl. The lowest BCUT2D eigenvalue weighted by molar-refractivity contribution is -0.122. The highest BCUT2D eigenvalue weighted by Crippen LogP contribution is 2.32. The monoisotopic (exact) mass is 354 g/mol. The number of benzene rings is 1. The molecule has 3 N–H and O–H groups in total. The Hall–Kier alpha value is -1.10. The summed E-state index contributed by atoms with van der Waals surface area (Å²) in [7, 11) is 0. The van der Waals surface area contributed by atoms with Crippen LogP contribution in [0.2, 0.25) is 0 Å². The van der Waals surface area contributed by atoms with E-state index in [1.165, 1.54) is 17.5 Å². The van der Waals surface area contributed by atoms with Crippen molar-refractivity contribution in [2.24, 2.45) is 11.7 Å². The van der Waals surface area contributed by atoms with Gasteiger partial charge in [0.05, 0.1) is 12.1 Å². The number of ether oxygens (including phenoxy) is 1. The van der Waals surface area contributed by atoms with E-state index in [4.69, 9.17) is 10.5 Å². The van der Waals surface area contributed by atoms with Crippen molar-refractivity contribution in [3.8, 4) is 0 Å². The number of hydrogen-bond donors (Lipinski definition) is 2. The van der Waals surface area contributed by atoms with E-state index in [-0.39, 0.29) is 24.4 Å². The molecule has 0 aliphatic heterocycles. The summed E-state index contributed by atoms with van der Waals surface area (Å²) in [5, 5.41) is 2.90. The lowest BCUT2D eigenvalue weighted by Gasteiger charge is -2.25. The van der Waals surface area contributed by atoms with Gasteiger partial charge in [-0.15, -0.1) is 12.4 Å². The minimum Gasteiger partial charge on any atom is -0.373 e. The van der Waals surface area contributed by atoms with Crippen molar-refractivity contribution in [2.45, 2.75) is 58.1 Å². The molecule has 5 heteroatoms. The van der Waals surface area contributed by atoms with Crippen molar-refractivity contribution < 1.29 is 9.53 Å². The second kappa shape index (κ2) is 10.7. The summed E-state index contributed by atoms with van der Waals surface area (Å²) < 4.78 is 6.03. The van der Waals surface area contributed by atoms with Crippen LogP contribution in [0.5, 0.6) is 0 Å². The van der Waals surface area contributed by atoms with Crippen LogP contribution in [0.3, 0.4) is 0 Å². The number of nitrogens with one attached hydrogen (secondary N) is 1. The number of rotatable bonds is 8. The van der Waals surface area contributed by atoms with Gasteiger partial charge in [-0.25, -0.2) is 0 Å². The van der Waals surface area contributed by atoms with Gasteiger partial charge in [-0.2, -0.15) is 0 Å². The number of halogens is 1. The molecular formula is C19H31ClN2O2. The maximum Gasteiger partial charge on any atom is 0.236 e. The molecular weight excluding hydrogens is 324 g/mol. The van der Waals surface area contributed by atoms with Crippen LogP contribution in [0, 0.1) is 5.92 Å². The van der Waals surface area contributed by atoms with Crippen LogP contribution in [-0.4, -0.2) is 25.1 Å². The first-order valence-corrected chi connectivity index (χ1v) is 8.80. The Morgan fingerprint density at radius 2 is 2.12 bits per heavy atom. The summed E-state index contributed by atoms with van der Waals surface area (Å²) in [6, 6.07) is 8.14. The summed E-state index contributed by atoms with van der Waals surface area (Å²) in [5.74, 6) is 0.382. The first kappa shape index (κ1) is 20.9.